The topological polar surface area (TPSA) is 26.7 Å². The van der Waals surface area contributed by atoms with Gasteiger partial charge in [-0.05, 0) is 30.2 Å². The first-order valence-corrected chi connectivity index (χ1v) is 6.55. The number of benzene rings is 1. The zero-order valence-electron chi connectivity index (χ0n) is 10.6. The molecule has 1 N–H and O–H groups in total. The molecule has 1 aromatic rings. The molecule has 3 nitrogen and oxygen atoms in total. The third kappa shape index (κ3) is 2.05. The van der Waals surface area contributed by atoms with Crippen LogP contribution in [0.4, 0.5) is 4.39 Å². The van der Waals surface area contributed by atoms with Crippen LogP contribution in [0.3, 0.4) is 0 Å². The van der Waals surface area contributed by atoms with Gasteiger partial charge in [-0.25, -0.2) is 4.39 Å². The standard InChI is InChI=1S/C14H19FN2O/c1-10-2-3-11(15)8-12(10)14(18)13-9-16-4-6-17(13)7-5-16/h2-3,8,13-14,18H,4-7,9H2,1H3. The molecule has 0 saturated carbocycles. The Bertz CT molecular complexity index is 443. The van der Waals surface area contributed by atoms with Crippen molar-refractivity contribution in [3.63, 3.8) is 0 Å². The van der Waals surface area contributed by atoms with Crippen molar-refractivity contribution in [3.8, 4) is 0 Å². The molecule has 3 aliphatic heterocycles. The van der Waals surface area contributed by atoms with Gasteiger partial charge in [0.2, 0.25) is 0 Å². The summed E-state index contributed by atoms with van der Waals surface area (Å²) in [7, 11) is 0. The summed E-state index contributed by atoms with van der Waals surface area (Å²) in [6.45, 7) is 7.01. The molecule has 2 unspecified atom stereocenters. The Balaban J connectivity index is 1.85. The third-order valence-electron chi connectivity index (χ3n) is 4.25. The second-order valence-electron chi connectivity index (χ2n) is 5.35. The first-order chi connectivity index (χ1) is 8.65. The molecule has 1 aromatic carbocycles. The van der Waals surface area contributed by atoms with E-state index in [1.165, 1.54) is 12.1 Å². The summed E-state index contributed by atoms with van der Waals surface area (Å²) in [6.07, 6.45) is -0.594. The highest BCUT2D eigenvalue weighted by Crippen LogP contribution is 2.29. The average Bonchev–Trinajstić information content (AvgIpc) is 2.42. The van der Waals surface area contributed by atoms with Crippen molar-refractivity contribution >= 4 is 0 Å². The van der Waals surface area contributed by atoms with Gasteiger partial charge >= 0.3 is 0 Å². The molecule has 2 atom stereocenters. The van der Waals surface area contributed by atoms with Gasteiger partial charge in [0, 0.05) is 32.7 Å². The van der Waals surface area contributed by atoms with Crippen molar-refractivity contribution in [1.82, 2.24) is 9.80 Å². The van der Waals surface area contributed by atoms with Crippen molar-refractivity contribution in [3.05, 3.63) is 35.1 Å². The molecule has 4 rings (SSSR count). The van der Waals surface area contributed by atoms with Crippen LogP contribution in [0, 0.1) is 12.7 Å². The fourth-order valence-electron chi connectivity index (χ4n) is 3.09. The van der Waals surface area contributed by atoms with Crippen LogP contribution in [0.25, 0.3) is 0 Å². The van der Waals surface area contributed by atoms with Gasteiger partial charge < -0.3 is 5.11 Å². The normalized spacial score (nSPS) is 32.5. The van der Waals surface area contributed by atoms with Crippen LogP contribution in [0.1, 0.15) is 17.2 Å². The van der Waals surface area contributed by atoms with E-state index < -0.39 is 6.10 Å². The lowest BCUT2D eigenvalue weighted by Crippen LogP contribution is -2.62. The Labute approximate surface area is 107 Å². The zero-order valence-corrected chi connectivity index (χ0v) is 10.6. The summed E-state index contributed by atoms with van der Waals surface area (Å²) in [5, 5.41) is 10.5. The number of hydrogen-bond acceptors (Lipinski definition) is 3. The van der Waals surface area contributed by atoms with Crippen LogP contribution in [-0.4, -0.2) is 53.7 Å². The molecule has 0 spiro atoms. The van der Waals surface area contributed by atoms with Crippen LogP contribution in [-0.2, 0) is 0 Å². The zero-order chi connectivity index (χ0) is 12.7. The Hall–Kier alpha value is -0.970. The summed E-state index contributed by atoms with van der Waals surface area (Å²) in [5.74, 6) is -0.272. The lowest BCUT2D eigenvalue weighted by molar-refractivity contribution is -0.0472. The first-order valence-electron chi connectivity index (χ1n) is 6.55. The van der Waals surface area contributed by atoms with E-state index in [4.69, 9.17) is 0 Å². The Morgan fingerprint density at radius 1 is 1.28 bits per heavy atom. The minimum absolute atomic E-state index is 0.105. The molecular formula is C14H19FN2O. The smallest absolute Gasteiger partial charge is 0.123 e. The fraction of sp³-hybridized carbons (Fsp3) is 0.571. The van der Waals surface area contributed by atoms with Gasteiger partial charge in [0.25, 0.3) is 0 Å². The highest BCUT2D eigenvalue weighted by atomic mass is 19.1. The maximum absolute atomic E-state index is 13.3. The highest BCUT2D eigenvalue weighted by Gasteiger charge is 2.37. The van der Waals surface area contributed by atoms with Gasteiger partial charge in [-0.2, -0.15) is 0 Å². The molecular weight excluding hydrogens is 231 g/mol. The van der Waals surface area contributed by atoms with E-state index in [1.807, 2.05) is 6.92 Å². The summed E-state index contributed by atoms with van der Waals surface area (Å²) >= 11 is 0. The van der Waals surface area contributed by atoms with Crippen LogP contribution < -0.4 is 0 Å². The lowest BCUT2D eigenvalue weighted by Gasteiger charge is -2.49. The number of aryl methyl sites for hydroxylation is 1. The summed E-state index contributed by atoms with van der Waals surface area (Å²) in [5.41, 5.74) is 1.69. The predicted octanol–water partition coefficient (Wildman–Crippen LogP) is 1.17. The summed E-state index contributed by atoms with van der Waals surface area (Å²) in [6, 6.07) is 4.76. The molecule has 18 heavy (non-hydrogen) atoms. The highest BCUT2D eigenvalue weighted by molar-refractivity contribution is 5.30. The summed E-state index contributed by atoms with van der Waals surface area (Å²) in [4.78, 5) is 4.71. The molecule has 98 valence electrons. The van der Waals surface area contributed by atoms with Crippen LogP contribution in [0.2, 0.25) is 0 Å². The van der Waals surface area contributed by atoms with E-state index >= 15 is 0 Å². The number of halogens is 1. The SMILES string of the molecule is Cc1ccc(F)cc1C(O)C1CN2CCN1CC2. The number of fused-ring (bicyclic) bond motifs is 3. The second-order valence-corrected chi connectivity index (χ2v) is 5.35. The van der Waals surface area contributed by atoms with Crippen molar-refractivity contribution in [2.75, 3.05) is 32.7 Å². The number of rotatable bonds is 2. The number of hydrogen-bond donors (Lipinski definition) is 1. The van der Waals surface area contributed by atoms with Gasteiger partial charge in [-0.15, -0.1) is 0 Å². The fourth-order valence-corrected chi connectivity index (χ4v) is 3.09. The van der Waals surface area contributed by atoms with Crippen molar-refractivity contribution in [2.45, 2.75) is 19.1 Å². The molecule has 0 aromatic heterocycles. The quantitative estimate of drug-likeness (QED) is 0.853. The van der Waals surface area contributed by atoms with E-state index in [1.54, 1.807) is 6.07 Å². The predicted molar refractivity (Wildman–Crippen MR) is 67.9 cm³/mol. The van der Waals surface area contributed by atoms with E-state index in [0.29, 0.717) is 0 Å². The maximum atomic E-state index is 13.3. The van der Waals surface area contributed by atoms with E-state index in [2.05, 4.69) is 9.80 Å². The maximum Gasteiger partial charge on any atom is 0.123 e. The number of aliphatic hydroxyl groups is 1. The van der Waals surface area contributed by atoms with Crippen LogP contribution >= 0.6 is 0 Å². The van der Waals surface area contributed by atoms with Gasteiger partial charge in [-0.3, -0.25) is 9.80 Å². The van der Waals surface area contributed by atoms with Gasteiger partial charge in [0.15, 0.2) is 0 Å². The monoisotopic (exact) mass is 250 g/mol. The molecule has 3 saturated heterocycles. The largest absolute Gasteiger partial charge is 0.387 e. The van der Waals surface area contributed by atoms with E-state index in [9.17, 15) is 9.50 Å². The van der Waals surface area contributed by atoms with Crippen LogP contribution in [0.15, 0.2) is 18.2 Å². The van der Waals surface area contributed by atoms with Gasteiger partial charge in [0.1, 0.15) is 5.82 Å². The number of nitrogens with zero attached hydrogens (tertiary/aromatic N) is 2. The van der Waals surface area contributed by atoms with Gasteiger partial charge in [-0.1, -0.05) is 6.07 Å². The van der Waals surface area contributed by atoms with E-state index in [0.717, 1.165) is 43.9 Å². The van der Waals surface area contributed by atoms with Crippen molar-refractivity contribution < 1.29 is 9.50 Å². The van der Waals surface area contributed by atoms with Crippen molar-refractivity contribution in [2.24, 2.45) is 0 Å². The molecule has 3 aliphatic rings. The Morgan fingerprint density at radius 3 is 2.61 bits per heavy atom. The average molecular weight is 250 g/mol. The molecule has 2 bridgehead atoms. The molecule has 4 heteroatoms. The molecule has 0 radical (unpaired) electrons. The minimum Gasteiger partial charge on any atom is -0.387 e. The number of aliphatic hydroxyl groups excluding tert-OH is 1. The third-order valence-corrected chi connectivity index (χ3v) is 4.25. The molecule has 0 amide bonds. The second kappa shape index (κ2) is 4.61. The van der Waals surface area contributed by atoms with Crippen LogP contribution in [0.5, 0.6) is 0 Å². The van der Waals surface area contributed by atoms with Crippen molar-refractivity contribution in [1.29, 1.82) is 0 Å². The molecule has 3 fully saturated rings. The molecule has 3 heterocycles. The van der Waals surface area contributed by atoms with E-state index in [-0.39, 0.29) is 11.9 Å². The molecule has 0 aliphatic carbocycles. The Morgan fingerprint density at radius 2 is 2.00 bits per heavy atom. The Kier molecular flexibility index (Phi) is 3.09. The summed E-state index contributed by atoms with van der Waals surface area (Å²) < 4.78 is 13.3. The first kappa shape index (κ1) is 12.1. The minimum atomic E-state index is -0.594. The lowest BCUT2D eigenvalue weighted by atomic mass is 9.93. The number of piperazine rings is 3. The van der Waals surface area contributed by atoms with Gasteiger partial charge in [0.05, 0.1) is 12.1 Å².